The Morgan fingerprint density at radius 2 is 1.44 bits per heavy atom. The number of ether oxygens (including phenoxy) is 1. The van der Waals surface area contributed by atoms with Crippen molar-refractivity contribution < 1.29 is 46.0 Å². The number of amides is 2. The van der Waals surface area contributed by atoms with E-state index in [0.717, 1.165) is 48.5 Å². The standard InChI is InChI=1S/C26H22F3N3O8S/c27-26(28,29)18-3-7-20(8-4-18)40-21-9-11-22(12-10-21)41(38,39)25(24(34)30-35)13-15-31(16-14-25)23(33)17-1-5-19(6-2-17)32(36)37/h1-12,35H,13-16H2,(H,30,34). The average molecular weight is 594 g/mol. The van der Waals surface area contributed by atoms with Crippen LogP contribution in [0.5, 0.6) is 11.5 Å². The monoisotopic (exact) mass is 593 g/mol. The minimum absolute atomic E-state index is 0.0785. The molecule has 0 radical (unpaired) electrons. The molecule has 0 bridgehead atoms. The maximum atomic E-state index is 13.7. The van der Waals surface area contributed by atoms with Gasteiger partial charge in [-0.3, -0.25) is 24.9 Å². The summed E-state index contributed by atoms with van der Waals surface area (Å²) in [6, 6.07) is 13.6. The van der Waals surface area contributed by atoms with E-state index in [1.165, 1.54) is 34.6 Å². The maximum absolute atomic E-state index is 13.7. The number of nitrogens with zero attached hydrogens (tertiary/aromatic N) is 2. The van der Waals surface area contributed by atoms with Crippen LogP contribution in [-0.2, 0) is 20.8 Å². The number of carbonyl (C=O) groups excluding carboxylic acids is 2. The van der Waals surface area contributed by atoms with E-state index in [1.807, 2.05) is 0 Å². The van der Waals surface area contributed by atoms with Crippen LogP contribution < -0.4 is 10.2 Å². The van der Waals surface area contributed by atoms with Crippen molar-refractivity contribution in [3.8, 4) is 11.5 Å². The third kappa shape index (κ3) is 5.85. The van der Waals surface area contributed by atoms with Crippen LogP contribution in [-0.4, -0.2) is 53.1 Å². The second kappa shape index (κ2) is 11.2. The van der Waals surface area contributed by atoms with Gasteiger partial charge in [0, 0.05) is 30.8 Å². The van der Waals surface area contributed by atoms with Gasteiger partial charge in [0.15, 0.2) is 14.6 Å². The first-order chi connectivity index (χ1) is 19.3. The number of halogens is 3. The number of nitrogens with one attached hydrogen (secondary N) is 1. The molecule has 216 valence electrons. The van der Waals surface area contributed by atoms with Crippen LogP contribution in [0.2, 0.25) is 0 Å². The molecule has 2 N–H and O–H groups in total. The molecule has 4 rings (SSSR count). The van der Waals surface area contributed by atoms with Gasteiger partial charge in [0.1, 0.15) is 11.5 Å². The van der Waals surface area contributed by atoms with Crippen molar-refractivity contribution in [2.24, 2.45) is 0 Å². The van der Waals surface area contributed by atoms with Crippen LogP contribution in [0.4, 0.5) is 18.9 Å². The van der Waals surface area contributed by atoms with Gasteiger partial charge in [-0.25, -0.2) is 13.9 Å². The van der Waals surface area contributed by atoms with E-state index in [1.54, 1.807) is 0 Å². The Bertz CT molecular complexity index is 1550. The Kier molecular flexibility index (Phi) is 8.03. The first-order valence-electron chi connectivity index (χ1n) is 12.0. The fourth-order valence-electron chi connectivity index (χ4n) is 4.46. The number of nitro groups is 1. The van der Waals surface area contributed by atoms with Crippen LogP contribution in [0.3, 0.4) is 0 Å². The van der Waals surface area contributed by atoms with E-state index in [9.17, 15) is 46.5 Å². The topological polar surface area (TPSA) is 156 Å². The number of sulfone groups is 1. The summed E-state index contributed by atoms with van der Waals surface area (Å²) in [6.07, 6.45) is -5.23. The second-order valence-corrected chi connectivity index (χ2v) is 11.4. The molecule has 1 saturated heterocycles. The maximum Gasteiger partial charge on any atom is 0.416 e. The Balaban J connectivity index is 1.51. The molecule has 1 aliphatic heterocycles. The minimum atomic E-state index is -4.51. The summed E-state index contributed by atoms with van der Waals surface area (Å²) >= 11 is 0. The second-order valence-electron chi connectivity index (χ2n) is 9.13. The molecular weight excluding hydrogens is 571 g/mol. The Morgan fingerprint density at radius 1 is 0.927 bits per heavy atom. The van der Waals surface area contributed by atoms with Gasteiger partial charge >= 0.3 is 6.18 Å². The fraction of sp³-hybridized carbons (Fsp3) is 0.231. The molecule has 0 unspecified atom stereocenters. The molecule has 11 nitrogen and oxygen atoms in total. The van der Waals surface area contributed by atoms with E-state index in [0.29, 0.717) is 0 Å². The summed E-state index contributed by atoms with van der Waals surface area (Å²) in [5, 5.41) is 20.2. The quantitative estimate of drug-likeness (QED) is 0.233. The average Bonchev–Trinajstić information content (AvgIpc) is 2.96. The lowest BCUT2D eigenvalue weighted by Gasteiger charge is -2.39. The molecule has 2 amide bonds. The molecule has 3 aromatic carbocycles. The van der Waals surface area contributed by atoms with Gasteiger partial charge in [-0.15, -0.1) is 0 Å². The van der Waals surface area contributed by atoms with Crippen LogP contribution in [0.1, 0.15) is 28.8 Å². The highest BCUT2D eigenvalue weighted by molar-refractivity contribution is 7.93. The van der Waals surface area contributed by atoms with Gasteiger partial charge in [-0.1, -0.05) is 0 Å². The number of non-ortho nitro benzene ring substituents is 1. The van der Waals surface area contributed by atoms with Crippen LogP contribution >= 0.6 is 0 Å². The molecule has 1 aliphatic rings. The molecule has 0 aliphatic carbocycles. The largest absolute Gasteiger partial charge is 0.457 e. The van der Waals surface area contributed by atoms with Gasteiger partial charge < -0.3 is 9.64 Å². The summed E-state index contributed by atoms with van der Waals surface area (Å²) in [4.78, 5) is 36.9. The zero-order valence-corrected chi connectivity index (χ0v) is 21.8. The molecule has 1 heterocycles. The predicted octanol–water partition coefficient (Wildman–Crippen LogP) is 4.36. The highest BCUT2D eigenvalue weighted by atomic mass is 32.2. The first-order valence-corrected chi connectivity index (χ1v) is 13.4. The van der Waals surface area contributed by atoms with Crippen LogP contribution in [0.25, 0.3) is 0 Å². The summed E-state index contributed by atoms with van der Waals surface area (Å²) in [7, 11) is -4.44. The number of alkyl halides is 3. The number of hydroxylamine groups is 1. The van der Waals surface area contributed by atoms with E-state index < -0.39 is 43.1 Å². The van der Waals surface area contributed by atoms with Crippen molar-refractivity contribution in [1.82, 2.24) is 10.4 Å². The van der Waals surface area contributed by atoms with Crippen LogP contribution in [0, 0.1) is 10.1 Å². The lowest BCUT2D eigenvalue weighted by Crippen LogP contribution is -2.58. The predicted molar refractivity (Wildman–Crippen MR) is 136 cm³/mol. The number of rotatable bonds is 7. The van der Waals surface area contributed by atoms with E-state index >= 15 is 0 Å². The van der Waals surface area contributed by atoms with E-state index in [2.05, 4.69) is 0 Å². The lowest BCUT2D eigenvalue weighted by molar-refractivity contribution is -0.384. The molecule has 3 aromatic rings. The number of carbonyl (C=O) groups is 2. The fourth-order valence-corrected chi connectivity index (χ4v) is 6.41. The van der Waals surface area contributed by atoms with Crippen molar-refractivity contribution in [3.63, 3.8) is 0 Å². The van der Waals surface area contributed by atoms with Gasteiger partial charge in [-0.2, -0.15) is 13.2 Å². The number of likely N-dealkylation sites (tertiary alicyclic amines) is 1. The smallest absolute Gasteiger partial charge is 0.416 e. The molecule has 0 atom stereocenters. The first kappa shape index (κ1) is 29.5. The van der Waals surface area contributed by atoms with Gasteiger partial charge in [0.2, 0.25) is 0 Å². The minimum Gasteiger partial charge on any atom is -0.457 e. The third-order valence-corrected chi connectivity index (χ3v) is 9.28. The zero-order chi connectivity index (χ0) is 30.0. The Labute approximate surface area is 231 Å². The molecule has 41 heavy (non-hydrogen) atoms. The van der Waals surface area contributed by atoms with Gasteiger partial charge in [0.05, 0.1) is 15.4 Å². The molecular formula is C26H22F3N3O8S. The summed E-state index contributed by atoms with van der Waals surface area (Å²) in [6.45, 7) is -0.338. The highest BCUT2D eigenvalue weighted by Gasteiger charge is 2.53. The number of benzene rings is 3. The summed E-state index contributed by atoms with van der Waals surface area (Å²) in [5.74, 6) is -1.49. The normalized spacial score (nSPS) is 15.2. The number of nitro benzene ring substituents is 1. The van der Waals surface area contributed by atoms with Crippen LogP contribution in [0.15, 0.2) is 77.7 Å². The molecule has 15 heteroatoms. The van der Waals surface area contributed by atoms with Crippen molar-refractivity contribution in [2.45, 2.75) is 28.7 Å². The number of piperidine rings is 1. The SMILES string of the molecule is O=C(c1ccc([N+](=O)[O-])cc1)N1CCC(C(=O)NO)(S(=O)(=O)c2ccc(Oc3ccc(C(F)(F)F)cc3)cc2)CC1. The number of hydrogen-bond acceptors (Lipinski definition) is 8. The Morgan fingerprint density at radius 3 is 1.90 bits per heavy atom. The van der Waals surface area contributed by atoms with E-state index in [-0.39, 0.29) is 53.6 Å². The van der Waals surface area contributed by atoms with Gasteiger partial charge in [0.25, 0.3) is 17.5 Å². The Hall–Kier alpha value is -4.50. The summed E-state index contributed by atoms with van der Waals surface area (Å²) in [5.41, 5.74) is 0.483. The molecule has 0 saturated carbocycles. The highest BCUT2D eigenvalue weighted by Crippen LogP contribution is 2.37. The summed E-state index contributed by atoms with van der Waals surface area (Å²) < 4.78 is 69.0. The molecule has 0 spiro atoms. The molecule has 1 fully saturated rings. The lowest BCUT2D eigenvalue weighted by atomic mass is 9.94. The molecule has 0 aromatic heterocycles. The van der Waals surface area contributed by atoms with Crippen molar-refractivity contribution >= 4 is 27.3 Å². The number of hydrogen-bond donors (Lipinski definition) is 2. The van der Waals surface area contributed by atoms with Crippen molar-refractivity contribution in [1.29, 1.82) is 0 Å². The van der Waals surface area contributed by atoms with Crippen molar-refractivity contribution in [2.75, 3.05) is 13.1 Å². The third-order valence-electron chi connectivity index (χ3n) is 6.76. The van der Waals surface area contributed by atoms with Gasteiger partial charge in [-0.05, 0) is 73.5 Å². The van der Waals surface area contributed by atoms with Crippen molar-refractivity contribution in [3.05, 3.63) is 94.0 Å². The van der Waals surface area contributed by atoms with E-state index in [4.69, 9.17) is 4.74 Å². The zero-order valence-electron chi connectivity index (χ0n) is 21.0.